The largest absolute Gasteiger partial charge is 0.480 e. The Balaban J connectivity index is 2.27. The Kier molecular flexibility index (Phi) is 5.46. The molecule has 8 heteroatoms. The lowest BCUT2D eigenvalue weighted by Crippen LogP contribution is -2.44. The number of carbonyl (C=O) groups is 2. The Morgan fingerprint density at radius 2 is 2.23 bits per heavy atom. The number of thiocarbonyl (C=S) groups is 1. The van der Waals surface area contributed by atoms with Crippen molar-refractivity contribution in [1.82, 2.24) is 4.90 Å². The van der Waals surface area contributed by atoms with Crippen LogP contribution in [-0.4, -0.2) is 32.2 Å². The minimum absolute atomic E-state index is 0.135. The number of rotatable bonds is 5. The zero-order valence-corrected chi connectivity index (χ0v) is 15.1. The minimum atomic E-state index is -1.05. The second kappa shape index (κ2) is 6.97. The molecule has 22 heavy (non-hydrogen) atoms. The smallest absolute Gasteiger partial charge is 0.326 e. The fourth-order valence-corrected chi connectivity index (χ4v) is 3.70. The third-order valence-corrected chi connectivity index (χ3v) is 4.74. The molecule has 1 saturated heterocycles. The minimum Gasteiger partial charge on any atom is -0.480 e. The van der Waals surface area contributed by atoms with E-state index in [1.165, 1.54) is 4.90 Å². The number of carbonyl (C=O) groups excluding carboxylic acids is 1. The highest BCUT2D eigenvalue weighted by Crippen LogP contribution is 2.35. The first-order chi connectivity index (χ1) is 10.3. The first-order valence-corrected chi connectivity index (χ1v) is 8.56. The Bertz CT molecular complexity index is 653. The molecular weight excluding hydrogens is 390 g/mol. The number of thioether (sulfide) groups is 1. The fraction of sp³-hybridized carbons (Fsp3) is 0.357. The van der Waals surface area contributed by atoms with E-state index in [1.54, 1.807) is 18.2 Å². The predicted molar refractivity (Wildman–Crippen MR) is 92.3 cm³/mol. The molecule has 0 radical (unpaired) electrons. The first-order valence-electron chi connectivity index (χ1n) is 6.54. The van der Waals surface area contributed by atoms with E-state index in [1.807, 2.05) is 13.8 Å². The lowest BCUT2D eigenvalue weighted by molar-refractivity contribution is -0.145. The van der Waals surface area contributed by atoms with Gasteiger partial charge in [0.25, 0.3) is 5.91 Å². The summed E-state index contributed by atoms with van der Waals surface area (Å²) in [6.07, 6.45) is 1.92. The maximum atomic E-state index is 12.5. The van der Waals surface area contributed by atoms with Gasteiger partial charge in [0.2, 0.25) is 0 Å². The molecular formula is C14H14BrNO4S2. The van der Waals surface area contributed by atoms with Gasteiger partial charge in [-0.15, -0.1) is 0 Å². The van der Waals surface area contributed by atoms with Gasteiger partial charge in [-0.05, 0) is 40.4 Å². The molecule has 1 fully saturated rings. The summed E-state index contributed by atoms with van der Waals surface area (Å²) < 4.78 is 6.15. The van der Waals surface area contributed by atoms with Crippen molar-refractivity contribution < 1.29 is 19.1 Å². The molecule has 1 N–H and O–H groups in total. The molecule has 1 amide bonds. The average Bonchev–Trinajstić information content (AvgIpc) is 2.92. The van der Waals surface area contributed by atoms with Crippen LogP contribution in [0.15, 0.2) is 26.1 Å². The van der Waals surface area contributed by atoms with Crippen molar-refractivity contribution in [3.63, 3.8) is 0 Å². The Labute approximate surface area is 145 Å². The van der Waals surface area contributed by atoms with Crippen molar-refractivity contribution >= 4 is 62.2 Å². The van der Waals surface area contributed by atoms with Gasteiger partial charge in [0, 0.05) is 6.08 Å². The summed E-state index contributed by atoms with van der Waals surface area (Å²) in [5, 5.41) is 9.39. The molecule has 0 aliphatic carbocycles. The van der Waals surface area contributed by atoms with Crippen LogP contribution in [0.5, 0.6) is 0 Å². The van der Waals surface area contributed by atoms with Gasteiger partial charge in [0.05, 0.1) is 4.91 Å². The standard InChI is InChI=1S/C14H14BrNO4S2/c1-7(2)5-9(13(18)19)16-12(17)10(22-14(16)21)6-8-3-4-11(15)20-8/h3-4,6-7,9H,5H2,1-2H3,(H,18,19). The quantitative estimate of drug-likeness (QED) is 0.596. The van der Waals surface area contributed by atoms with Gasteiger partial charge in [-0.25, -0.2) is 4.79 Å². The molecule has 2 rings (SSSR count). The van der Waals surface area contributed by atoms with E-state index < -0.39 is 17.9 Å². The molecule has 1 aromatic rings. The second-order valence-corrected chi connectivity index (χ2v) is 7.63. The molecule has 0 bridgehead atoms. The van der Waals surface area contributed by atoms with Crippen LogP contribution in [0.2, 0.25) is 0 Å². The van der Waals surface area contributed by atoms with Crippen molar-refractivity contribution in [1.29, 1.82) is 0 Å². The molecule has 2 heterocycles. The molecule has 0 aromatic carbocycles. The number of carboxylic acids is 1. The number of hydrogen-bond acceptors (Lipinski definition) is 5. The zero-order valence-electron chi connectivity index (χ0n) is 11.9. The highest BCUT2D eigenvalue weighted by Gasteiger charge is 2.40. The van der Waals surface area contributed by atoms with Crippen molar-refractivity contribution in [3.8, 4) is 0 Å². The number of aliphatic carboxylic acids is 1. The number of carboxylic acid groups (broad SMARTS) is 1. The van der Waals surface area contributed by atoms with E-state index >= 15 is 0 Å². The summed E-state index contributed by atoms with van der Waals surface area (Å²) in [7, 11) is 0. The summed E-state index contributed by atoms with van der Waals surface area (Å²) in [5.74, 6) is -0.804. The summed E-state index contributed by atoms with van der Waals surface area (Å²) in [6, 6.07) is 2.48. The van der Waals surface area contributed by atoms with Gasteiger partial charge in [-0.2, -0.15) is 0 Å². The second-order valence-electron chi connectivity index (χ2n) is 5.18. The summed E-state index contributed by atoms with van der Waals surface area (Å²) >= 11 is 9.47. The lowest BCUT2D eigenvalue weighted by Gasteiger charge is -2.24. The molecule has 1 aliphatic rings. The van der Waals surface area contributed by atoms with Crippen LogP contribution in [0.4, 0.5) is 0 Å². The van der Waals surface area contributed by atoms with Crippen molar-refractivity contribution in [2.45, 2.75) is 26.3 Å². The molecule has 0 saturated carbocycles. The van der Waals surface area contributed by atoms with Gasteiger partial charge in [0.15, 0.2) is 4.67 Å². The number of nitrogens with zero attached hydrogens (tertiary/aromatic N) is 1. The zero-order chi connectivity index (χ0) is 16.4. The Morgan fingerprint density at radius 3 is 2.73 bits per heavy atom. The number of furan rings is 1. The maximum Gasteiger partial charge on any atom is 0.326 e. The Hall–Kier alpha value is -1.12. The third kappa shape index (κ3) is 3.80. The van der Waals surface area contributed by atoms with E-state index in [-0.39, 0.29) is 10.2 Å². The topological polar surface area (TPSA) is 70.8 Å². The van der Waals surface area contributed by atoms with E-state index in [2.05, 4.69) is 15.9 Å². The number of amides is 1. The van der Waals surface area contributed by atoms with Crippen LogP contribution in [0.1, 0.15) is 26.0 Å². The highest BCUT2D eigenvalue weighted by molar-refractivity contribution is 9.10. The molecule has 1 atom stereocenters. The van der Waals surface area contributed by atoms with Crippen molar-refractivity contribution in [2.24, 2.45) is 5.92 Å². The average molecular weight is 404 g/mol. The molecule has 1 aliphatic heterocycles. The van der Waals surface area contributed by atoms with Crippen LogP contribution in [0, 0.1) is 5.92 Å². The summed E-state index contributed by atoms with van der Waals surface area (Å²) in [6.45, 7) is 3.81. The highest BCUT2D eigenvalue weighted by atomic mass is 79.9. The third-order valence-electron chi connectivity index (χ3n) is 2.98. The molecule has 1 unspecified atom stereocenters. The van der Waals surface area contributed by atoms with E-state index in [9.17, 15) is 14.7 Å². The maximum absolute atomic E-state index is 12.5. The fourth-order valence-electron chi connectivity index (χ4n) is 2.05. The van der Waals surface area contributed by atoms with Gasteiger partial charge in [-0.3, -0.25) is 9.69 Å². The van der Waals surface area contributed by atoms with Crippen LogP contribution >= 0.6 is 39.9 Å². The van der Waals surface area contributed by atoms with Crippen molar-refractivity contribution in [2.75, 3.05) is 0 Å². The molecule has 1 aromatic heterocycles. The monoisotopic (exact) mass is 403 g/mol. The van der Waals surface area contributed by atoms with Gasteiger partial charge in [0.1, 0.15) is 16.1 Å². The van der Waals surface area contributed by atoms with Crippen LogP contribution in [0.25, 0.3) is 6.08 Å². The van der Waals surface area contributed by atoms with Crippen LogP contribution in [0.3, 0.4) is 0 Å². The number of hydrogen-bond donors (Lipinski definition) is 1. The molecule has 0 spiro atoms. The number of halogens is 1. The summed E-state index contributed by atoms with van der Waals surface area (Å²) in [5.41, 5.74) is 0. The predicted octanol–water partition coefficient (Wildman–Crippen LogP) is 3.74. The molecule has 5 nitrogen and oxygen atoms in total. The van der Waals surface area contributed by atoms with Crippen LogP contribution in [-0.2, 0) is 9.59 Å². The van der Waals surface area contributed by atoms with E-state index in [0.717, 1.165) is 11.8 Å². The molecule has 118 valence electrons. The Morgan fingerprint density at radius 1 is 1.55 bits per heavy atom. The van der Waals surface area contributed by atoms with Crippen molar-refractivity contribution in [3.05, 3.63) is 27.5 Å². The van der Waals surface area contributed by atoms with Gasteiger partial charge < -0.3 is 9.52 Å². The van der Waals surface area contributed by atoms with Gasteiger partial charge in [-0.1, -0.05) is 37.8 Å². The van der Waals surface area contributed by atoms with Gasteiger partial charge >= 0.3 is 5.97 Å². The lowest BCUT2D eigenvalue weighted by atomic mass is 10.0. The van der Waals surface area contributed by atoms with E-state index in [4.69, 9.17) is 16.6 Å². The summed E-state index contributed by atoms with van der Waals surface area (Å²) in [4.78, 5) is 25.5. The van der Waals surface area contributed by atoms with E-state index in [0.29, 0.717) is 21.8 Å². The normalized spacial score (nSPS) is 18.5. The van der Waals surface area contributed by atoms with Crippen LogP contribution < -0.4 is 0 Å². The SMILES string of the molecule is CC(C)CC(C(=O)O)N1C(=O)C(=Cc2ccc(Br)o2)SC1=S. The first kappa shape index (κ1) is 17.2.